The molecule has 1 N–H and O–H groups in total. The number of benzene rings is 1. The lowest BCUT2D eigenvalue weighted by Gasteiger charge is -2.35. The third-order valence-corrected chi connectivity index (χ3v) is 5.24. The standard InChI is InChI=1S/C17H19N3O5/c1-24-12-4-3-9(5-13(12)25-2)6-14(21)19-8-10-7-11(19)15-16(22)18-17(23)20(10)15/h3-5,10-11,15H,6-8H2,1-2H3,(H,18,22,23). The van der Waals surface area contributed by atoms with Gasteiger partial charge in [0.05, 0.1) is 32.7 Å². The highest BCUT2D eigenvalue weighted by atomic mass is 16.5. The van der Waals surface area contributed by atoms with Crippen LogP contribution in [0.5, 0.6) is 11.5 Å². The van der Waals surface area contributed by atoms with Crippen molar-refractivity contribution in [2.45, 2.75) is 31.0 Å². The summed E-state index contributed by atoms with van der Waals surface area (Å²) in [5, 5.41) is 2.34. The van der Waals surface area contributed by atoms with Gasteiger partial charge in [0, 0.05) is 6.54 Å². The van der Waals surface area contributed by atoms with E-state index in [1.807, 2.05) is 6.07 Å². The molecule has 0 aliphatic carbocycles. The lowest BCUT2D eigenvalue weighted by molar-refractivity contribution is -0.135. The number of methoxy groups -OCH3 is 2. The fraction of sp³-hybridized carbons (Fsp3) is 0.471. The van der Waals surface area contributed by atoms with Crippen LogP contribution in [0.25, 0.3) is 0 Å². The molecular weight excluding hydrogens is 326 g/mol. The number of nitrogens with zero attached hydrogens (tertiary/aromatic N) is 2. The summed E-state index contributed by atoms with van der Waals surface area (Å²) < 4.78 is 10.5. The third kappa shape index (κ3) is 2.32. The molecule has 25 heavy (non-hydrogen) atoms. The van der Waals surface area contributed by atoms with Gasteiger partial charge >= 0.3 is 6.03 Å². The molecule has 0 radical (unpaired) electrons. The minimum atomic E-state index is -0.541. The summed E-state index contributed by atoms with van der Waals surface area (Å²) in [6, 6.07) is 4.19. The van der Waals surface area contributed by atoms with Crippen LogP contribution in [0.3, 0.4) is 0 Å². The molecule has 8 nitrogen and oxygen atoms in total. The predicted octanol–water partition coefficient (Wildman–Crippen LogP) is 0.150. The van der Waals surface area contributed by atoms with E-state index < -0.39 is 6.04 Å². The molecule has 3 saturated heterocycles. The number of ether oxygens (including phenoxy) is 2. The summed E-state index contributed by atoms with van der Waals surface area (Å²) in [4.78, 5) is 39.9. The Labute approximate surface area is 144 Å². The molecule has 3 atom stereocenters. The maximum absolute atomic E-state index is 12.8. The van der Waals surface area contributed by atoms with Gasteiger partial charge in [-0.05, 0) is 24.1 Å². The number of likely N-dealkylation sites (tertiary alicyclic amines) is 1. The maximum Gasteiger partial charge on any atom is 0.325 e. The highest BCUT2D eigenvalue weighted by molar-refractivity contribution is 6.06. The highest BCUT2D eigenvalue weighted by Gasteiger charge is 2.59. The maximum atomic E-state index is 12.8. The summed E-state index contributed by atoms with van der Waals surface area (Å²) in [6.45, 7) is 0.480. The Hall–Kier alpha value is -2.77. The van der Waals surface area contributed by atoms with Crippen LogP contribution in [0.4, 0.5) is 4.79 Å². The van der Waals surface area contributed by atoms with E-state index in [0.717, 1.165) is 5.56 Å². The van der Waals surface area contributed by atoms with E-state index in [2.05, 4.69) is 5.32 Å². The van der Waals surface area contributed by atoms with Gasteiger partial charge in [0.2, 0.25) is 5.91 Å². The molecule has 4 rings (SSSR count). The van der Waals surface area contributed by atoms with Crippen molar-refractivity contribution in [3.8, 4) is 11.5 Å². The molecule has 2 bridgehead atoms. The molecule has 132 valence electrons. The topological polar surface area (TPSA) is 88.2 Å². The van der Waals surface area contributed by atoms with Crippen LogP contribution >= 0.6 is 0 Å². The Balaban J connectivity index is 1.50. The van der Waals surface area contributed by atoms with E-state index >= 15 is 0 Å². The summed E-state index contributed by atoms with van der Waals surface area (Å²) in [5.74, 6) is 0.825. The van der Waals surface area contributed by atoms with Crippen molar-refractivity contribution >= 4 is 17.8 Å². The van der Waals surface area contributed by atoms with Crippen molar-refractivity contribution in [2.24, 2.45) is 0 Å². The smallest absolute Gasteiger partial charge is 0.325 e. The Morgan fingerprint density at radius 1 is 1.24 bits per heavy atom. The zero-order chi connectivity index (χ0) is 17.7. The van der Waals surface area contributed by atoms with E-state index in [0.29, 0.717) is 24.5 Å². The second-order valence-electron chi connectivity index (χ2n) is 6.52. The summed E-state index contributed by atoms with van der Waals surface area (Å²) in [6.07, 6.45) is 0.882. The van der Waals surface area contributed by atoms with Crippen LogP contribution in [0.2, 0.25) is 0 Å². The molecule has 4 amide bonds. The molecule has 0 spiro atoms. The normalized spacial score (nSPS) is 26.7. The Bertz CT molecular complexity index is 765. The number of urea groups is 1. The number of carbonyl (C=O) groups excluding carboxylic acids is 3. The van der Waals surface area contributed by atoms with Gasteiger partial charge in [-0.15, -0.1) is 0 Å². The van der Waals surface area contributed by atoms with Crippen molar-refractivity contribution in [3.05, 3.63) is 23.8 Å². The first kappa shape index (κ1) is 15.7. The number of hydrogen-bond donors (Lipinski definition) is 1. The SMILES string of the molecule is COc1ccc(CC(=O)N2CC3CC2C2C(=O)NC(=O)N32)cc1OC. The molecule has 1 aromatic rings. The van der Waals surface area contributed by atoms with Crippen LogP contribution in [0.15, 0.2) is 18.2 Å². The third-order valence-electron chi connectivity index (χ3n) is 5.24. The molecular formula is C17H19N3O5. The van der Waals surface area contributed by atoms with Crippen LogP contribution in [0, 0.1) is 0 Å². The van der Waals surface area contributed by atoms with Crippen molar-refractivity contribution in [3.63, 3.8) is 0 Å². The predicted molar refractivity (Wildman–Crippen MR) is 86.3 cm³/mol. The van der Waals surface area contributed by atoms with Crippen LogP contribution in [-0.4, -0.2) is 66.5 Å². The van der Waals surface area contributed by atoms with Gasteiger partial charge < -0.3 is 19.3 Å². The summed E-state index contributed by atoms with van der Waals surface area (Å²) in [7, 11) is 3.11. The van der Waals surface area contributed by atoms with Gasteiger partial charge in [0.1, 0.15) is 6.04 Å². The zero-order valence-electron chi connectivity index (χ0n) is 14.0. The first-order valence-corrected chi connectivity index (χ1v) is 8.17. The molecule has 3 aliphatic heterocycles. The minimum Gasteiger partial charge on any atom is -0.493 e. The molecule has 3 unspecified atom stereocenters. The number of nitrogens with one attached hydrogen (secondary N) is 1. The van der Waals surface area contributed by atoms with Crippen LogP contribution in [0.1, 0.15) is 12.0 Å². The van der Waals surface area contributed by atoms with E-state index in [1.165, 1.54) is 0 Å². The fourth-order valence-corrected chi connectivity index (χ4v) is 4.15. The van der Waals surface area contributed by atoms with E-state index in [-0.39, 0.29) is 36.3 Å². The van der Waals surface area contributed by atoms with Gasteiger partial charge in [-0.1, -0.05) is 6.07 Å². The second-order valence-corrected chi connectivity index (χ2v) is 6.52. The van der Waals surface area contributed by atoms with Gasteiger partial charge in [0.15, 0.2) is 11.5 Å². The number of hydrogen-bond acceptors (Lipinski definition) is 5. The summed E-state index contributed by atoms with van der Waals surface area (Å²) >= 11 is 0. The second kappa shape index (κ2) is 5.65. The van der Waals surface area contributed by atoms with Gasteiger partial charge in [-0.3, -0.25) is 14.9 Å². The molecule has 8 heteroatoms. The van der Waals surface area contributed by atoms with Gasteiger partial charge in [-0.25, -0.2) is 4.79 Å². The molecule has 1 aromatic carbocycles. The number of fused-ring (bicyclic) bond motifs is 5. The molecule has 3 aliphatic rings. The number of carbonyl (C=O) groups is 3. The first-order valence-electron chi connectivity index (χ1n) is 8.17. The Kier molecular flexibility index (Phi) is 3.55. The van der Waals surface area contributed by atoms with Crippen molar-refractivity contribution in [1.29, 1.82) is 0 Å². The molecule has 0 aromatic heterocycles. The number of amides is 4. The summed E-state index contributed by atoms with van der Waals surface area (Å²) in [5.41, 5.74) is 0.814. The van der Waals surface area contributed by atoms with Crippen molar-refractivity contribution in [2.75, 3.05) is 20.8 Å². The van der Waals surface area contributed by atoms with Gasteiger partial charge in [0.25, 0.3) is 5.91 Å². The lowest BCUT2D eigenvalue weighted by atomic mass is 10.1. The van der Waals surface area contributed by atoms with Crippen LogP contribution < -0.4 is 14.8 Å². The highest BCUT2D eigenvalue weighted by Crippen LogP contribution is 2.38. The average Bonchev–Trinajstić information content (AvgIpc) is 3.27. The number of rotatable bonds is 4. The fourth-order valence-electron chi connectivity index (χ4n) is 4.15. The Morgan fingerprint density at radius 2 is 2.00 bits per heavy atom. The van der Waals surface area contributed by atoms with Gasteiger partial charge in [-0.2, -0.15) is 0 Å². The largest absolute Gasteiger partial charge is 0.493 e. The quantitative estimate of drug-likeness (QED) is 0.785. The van der Waals surface area contributed by atoms with E-state index in [4.69, 9.17) is 9.47 Å². The monoisotopic (exact) mass is 345 g/mol. The lowest BCUT2D eigenvalue weighted by Crippen LogP contribution is -2.55. The number of piperazine rings is 1. The number of imide groups is 1. The molecule has 3 heterocycles. The average molecular weight is 345 g/mol. The van der Waals surface area contributed by atoms with Crippen molar-refractivity contribution < 1.29 is 23.9 Å². The first-order chi connectivity index (χ1) is 12.0. The zero-order valence-corrected chi connectivity index (χ0v) is 14.0. The Morgan fingerprint density at radius 3 is 2.72 bits per heavy atom. The molecule has 0 saturated carbocycles. The van der Waals surface area contributed by atoms with E-state index in [1.54, 1.807) is 36.2 Å². The van der Waals surface area contributed by atoms with E-state index in [9.17, 15) is 14.4 Å². The van der Waals surface area contributed by atoms with Crippen LogP contribution in [-0.2, 0) is 16.0 Å². The molecule has 3 fully saturated rings. The van der Waals surface area contributed by atoms with Crippen molar-refractivity contribution in [1.82, 2.24) is 15.1 Å². The minimum absolute atomic E-state index is 0.0495.